The number of rotatable bonds is 5. The summed E-state index contributed by atoms with van der Waals surface area (Å²) in [5.74, 6) is 0.215. The molecule has 2 unspecified atom stereocenters. The summed E-state index contributed by atoms with van der Waals surface area (Å²) in [6, 6.07) is 4.97. The first-order chi connectivity index (χ1) is 8.33. The van der Waals surface area contributed by atoms with Gasteiger partial charge in [-0.1, -0.05) is 13.3 Å². The van der Waals surface area contributed by atoms with Crippen molar-refractivity contribution in [1.29, 1.82) is 5.26 Å². The van der Waals surface area contributed by atoms with Crippen molar-refractivity contribution in [3.05, 3.63) is 24.0 Å². The monoisotopic (exact) mass is 231 g/mol. The Morgan fingerprint density at radius 1 is 1.53 bits per heavy atom. The van der Waals surface area contributed by atoms with Gasteiger partial charge in [0.15, 0.2) is 0 Å². The lowest BCUT2D eigenvalue weighted by Gasteiger charge is -2.14. The van der Waals surface area contributed by atoms with Crippen molar-refractivity contribution in [3.63, 3.8) is 0 Å². The van der Waals surface area contributed by atoms with Gasteiger partial charge in [0, 0.05) is 31.5 Å². The average Bonchev–Trinajstić information content (AvgIpc) is 2.95. The van der Waals surface area contributed by atoms with Crippen LogP contribution in [0.5, 0.6) is 0 Å². The minimum absolute atomic E-state index is 0.215. The van der Waals surface area contributed by atoms with Crippen LogP contribution in [-0.4, -0.2) is 10.6 Å². The van der Waals surface area contributed by atoms with Gasteiger partial charge >= 0.3 is 0 Å². The highest BCUT2D eigenvalue weighted by Gasteiger charge is 2.26. The van der Waals surface area contributed by atoms with Gasteiger partial charge in [-0.15, -0.1) is 0 Å². The summed E-state index contributed by atoms with van der Waals surface area (Å²) in [7, 11) is 0. The second kappa shape index (κ2) is 5.88. The van der Waals surface area contributed by atoms with Crippen LogP contribution in [0, 0.1) is 17.2 Å². The smallest absolute Gasteiger partial charge is 0.0672 e. The number of hydrogen-bond donors (Lipinski definition) is 1. The summed E-state index contributed by atoms with van der Waals surface area (Å²) in [4.78, 5) is 0. The predicted molar refractivity (Wildman–Crippen MR) is 68.3 cm³/mol. The van der Waals surface area contributed by atoms with Gasteiger partial charge in [-0.3, -0.25) is 0 Å². The van der Waals surface area contributed by atoms with Crippen molar-refractivity contribution in [1.82, 2.24) is 9.88 Å². The Morgan fingerprint density at radius 2 is 2.41 bits per heavy atom. The fourth-order valence-electron chi connectivity index (χ4n) is 2.60. The van der Waals surface area contributed by atoms with Crippen LogP contribution in [0.1, 0.15) is 38.2 Å². The minimum atomic E-state index is 0.215. The fourth-order valence-corrected chi connectivity index (χ4v) is 2.60. The molecule has 1 aliphatic carbocycles. The lowest BCUT2D eigenvalue weighted by atomic mass is 10.1. The zero-order chi connectivity index (χ0) is 12.1. The number of nitrogens with one attached hydrogen (secondary N) is 1. The lowest BCUT2D eigenvalue weighted by molar-refractivity contribution is 0.464. The fraction of sp³-hybridized carbons (Fsp3) is 0.643. The average molecular weight is 231 g/mol. The SMILES string of the molecule is CCCn1ccc(CNC2CCCC2C#N)c1. The van der Waals surface area contributed by atoms with E-state index in [-0.39, 0.29) is 5.92 Å². The van der Waals surface area contributed by atoms with Crippen LogP contribution >= 0.6 is 0 Å². The van der Waals surface area contributed by atoms with Crippen molar-refractivity contribution < 1.29 is 0 Å². The van der Waals surface area contributed by atoms with Gasteiger partial charge in [0.2, 0.25) is 0 Å². The third-order valence-corrected chi connectivity index (χ3v) is 3.54. The van der Waals surface area contributed by atoms with E-state index in [9.17, 15) is 0 Å². The normalized spacial score (nSPS) is 23.8. The molecule has 1 aromatic heterocycles. The molecule has 0 bridgehead atoms. The summed E-state index contributed by atoms with van der Waals surface area (Å²) in [5, 5.41) is 12.5. The van der Waals surface area contributed by atoms with Crippen LogP contribution in [0.4, 0.5) is 0 Å². The molecule has 3 heteroatoms. The van der Waals surface area contributed by atoms with Gasteiger partial charge in [0.05, 0.1) is 12.0 Å². The third-order valence-electron chi connectivity index (χ3n) is 3.54. The molecule has 17 heavy (non-hydrogen) atoms. The van der Waals surface area contributed by atoms with Gasteiger partial charge in [-0.2, -0.15) is 5.26 Å². The zero-order valence-corrected chi connectivity index (χ0v) is 10.5. The van der Waals surface area contributed by atoms with Crippen molar-refractivity contribution in [2.75, 3.05) is 0 Å². The van der Waals surface area contributed by atoms with Crippen LogP contribution in [0.25, 0.3) is 0 Å². The van der Waals surface area contributed by atoms with Crippen LogP contribution in [0.3, 0.4) is 0 Å². The maximum atomic E-state index is 9.01. The summed E-state index contributed by atoms with van der Waals surface area (Å²) >= 11 is 0. The molecule has 1 aromatic rings. The van der Waals surface area contributed by atoms with Gasteiger partial charge in [0.1, 0.15) is 0 Å². The third kappa shape index (κ3) is 3.10. The molecule has 3 nitrogen and oxygen atoms in total. The van der Waals surface area contributed by atoms with E-state index < -0.39 is 0 Å². The summed E-state index contributed by atoms with van der Waals surface area (Å²) < 4.78 is 2.23. The molecule has 0 aromatic carbocycles. The molecule has 1 aliphatic rings. The molecule has 2 atom stereocenters. The van der Waals surface area contributed by atoms with Gasteiger partial charge in [-0.05, 0) is 30.9 Å². The Labute approximate surface area is 103 Å². The van der Waals surface area contributed by atoms with Crippen LogP contribution in [0.15, 0.2) is 18.5 Å². The Bertz CT molecular complexity index is 388. The van der Waals surface area contributed by atoms with Crippen LogP contribution in [-0.2, 0) is 13.1 Å². The quantitative estimate of drug-likeness (QED) is 0.846. The van der Waals surface area contributed by atoms with Crippen molar-refractivity contribution in [2.24, 2.45) is 5.92 Å². The van der Waals surface area contributed by atoms with Crippen LogP contribution < -0.4 is 5.32 Å². The summed E-state index contributed by atoms with van der Waals surface area (Å²) in [5.41, 5.74) is 1.32. The minimum Gasteiger partial charge on any atom is -0.354 e. The molecule has 0 aliphatic heterocycles. The molecule has 92 valence electrons. The predicted octanol–water partition coefficient (Wildman–Crippen LogP) is 2.68. The van der Waals surface area contributed by atoms with E-state index in [2.05, 4.69) is 41.3 Å². The lowest BCUT2D eigenvalue weighted by Crippen LogP contribution is -2.31. The van der Waals surface area contributed by atoms with Gasteiger partial charge < -0.3 is 9.88 Å². The van der Waals surface area contributed by atoms with E-state index in [0.29, 0.717) is 6.04 Å². The molecule has 1 fully saturated rings. The first-order valence-corrected chi connectivity index (χ1v) is 6.61. The zero-order valence-electron chi connectivity index (χ0n) is 10.5. The highest BCUT2D eigenvalue weighted by molar-refractivity contribution is 5.10. The Hall–Kier alpha value is -1.27. The molecular weight excluding hydrogens is 210 g/mol. The molecule has 0 amide bonds. The molecule has 1 N–H and O–H groups in total. The Morgan fingerprint density at radius 3 is 3.18 bits per heavy atom. The van der Waals surface area contributed by atoms with E-state index in [1.165, 1.54) is 18.4 Å². The number of aromatic nitrogens is 1. The van der Waals surface area contributed by atoms with Gasteiger partial charge in [-0.25, -0.2) is 0 Å². The maximum Gasteiger partial charge on any atom is 0.0672 e. The molecule has 0 spiro atoms. The first kappa shape index (κ1) is 12.2. The topological polar surface area (TPSA) is 40.8 Å². The highest BCUT2D eigenvalue weighted by Crippen LogP contribution is 2.25. The molecule has 1 heterocycles. The van der Waals surface area contributed by atoms with E-state index in [0.717, 1.165) is 25.9 Å². The molecule has 2 rings (SSSR count). The van der Waals surface area contributed by atoms with E-state index in [1.54, 1.807) is 0 Å². The van der Waals surface area contributed by atoms with Gasteiger partial charge in [0.25, 0.3) is 0 Å². The van der Waals surface area contributed by atoms with Crippen molar-refractivity contribution in [3.8, 4) is 6.07 Å². The van der Waals surface area contributed by atoms with Crippen molar-refractivity contribution >= 4 is 0 Å². The number of aryl methyl sites for hydroxylation is 1. The summed E-state index contributed by atoms with van der Waals surface area (Å²) in [6.07, 6.45) is 8.90. The molecular formula is C14H21N3. The van der Waals surface area contributed by atoms with E-state index >= 15 is 0 Å². The van der Waals surface area contributed by atoms with E-state index in [4.69, 9.17) is 5.26 Å². The maximum absolute atomic E-state index is 9.01. The van der Waals surface area contributed by atoms with Crippen LogP contribution in [0.2, 0.25) is 0 Å². The second-order valence-electron chi connectivity index (χ2n) is 4.91. The Balaban J connectivity index is 1.83. The highest BCUT2D eigenvalue weighted by atomic mass is 15.0. The molecule has 1 saturated carbocycles. The largest absolute Gasteiger partial charge is 0.354 e. The number of nitrogens with zero attached hydrogens (tertiary/aromatic N) is 2. The number of nitriles is 1. The molecule has 0 saturated heterocycles. The molecule has 0 radical (unpaired) electrons. The first-order valence-electron chi connectivity index (χ1n) is 6.61. The Kier molecular flexibility index (Phi) is 4.22. The van der Waals surface area contributed by atoms with Crippen molar-refractivity contribution in [2.45, 2.75) is 51.7 Å². The van der Waals surface area contributed by atoms with E-state index in [1.807, 2.05) is 0 Å². The number of hydrogen-bond acceptors (Lipinski definition) is 2. The second-order valence-corrected chi connectivity index (χ2v) is 4.91. The summed E-state index contributed by atoms with van der Waals surface area (Å²) in [6.45, 7) is 4.16. The standard InChI is InChI=1S/C14H21N3/c1-2-7-17-8-6-12(11-17)10-16-14-5-3-4-13(14)9-15/h6,8,11,13-14,16H,2-5,7,10H2,1H3.